The molecule has 4 aromatic carbocycles. The summed E-state index contributed by atoms with van der Waals surface area (Å²) < 4.78 is 83.2. The van der Waals surface area contributed by atoms with Crippen LogP contribution in [0.15, 0.2) is 75.1 Å². The maximum Gasteiger partial charge on any atom is 0.343 e. The summed E-state index contributed by atoms with van der Waals surface area (Å²) >= 11 is 6.20. The van der Waals surface area contributed by atoms with Gasteiger partial charge in [-0.2, -0.15) is 13.9 Å². The average Bonchev–Trinajstić information content (AvgIpc) is 3.03. The van der Waals surface area contributed by atoms with Crippen molar-refractivity contribution in [3.05, 3.63) is 94.3 Å². The Bertz CT molecular complexity index is 1760. The van der Waals surface area contributed by atoms with Crippen LogP contribution in [0.5, 0.6) is 17.2 Å². The molecular formula is C29H21ClF5N5O4. The van der Waals surface area contributed by atoms with Crippen LogP contribution in [0.2, 0.25) is 5.02 Å². The maximum atomic E-state index is 13.9. The topological polar surface area (TPSA) is 97.4 Å². The van der Waals surface area contributed by atoms with Crippen LogP contribution < -0.4 is 19.1 Å². The van der Waals surface area contributed by atoms with E-state index in [1.54, 1.807) is 12.1 Å². The summed E-state index contributed by atoms with van der Waals surface area (Å²) in [5.41, 5.74) is 1.83. The molecule has 0 radical (unpaired) electrons. The van der Waals surface area contributed by atoms with Gasteiger partial charge in [-0.1, -0.05) is 11.6 Å². The van der Waals surface area contributed by atoms with E-state index >= 15 is 0 Å². The Morgan fingerprint density at radius 3 is 1.68 bits per heavy atom. The normalized spacial score (nSPS) is 11.3. The molecule has 0 N–H and O–H groups in total. The minimum Gasteiger partial charge on any atom is -0.494 e. The summed E-state index contributed by atoms with van der Waals surface area (Å²) in [6.45, 7) is 0. The molecule has 4 rings (SSSR count). The largest absolute Gasteiger partial charge is 0.494 e. The second-order valence-electron chi connectivity index (χ2n) is 8.96. The number of hydrogen-bond donors (Lipinski definition) is 0. The Morgan fingerprint density at radius 1 is 0.682 bits per heavy atom. The molecule has 0 aliphatic rings. The van der Waals surface area contributed by atoms with E-state index in [0.717, 1.165) is 17.8 Å². The standard InChI is InChI=1S/C29H21ClF5N5O4/c1-40(2)16-8-6-15(7-9-16)36-38-19-12-22(43-4)20(13-21(19)42-3)39-37-18-10-5-14(11-17(18)30)29(41)44-28-26(34)24(32)23(31)25(33)27(28)35/h5-13H,1-4H3. The van der Waals surface area contributed by atoms with E-state index in [1.807, 2.05) is 31.1 Å². The van der Waals surface area contributed by atoms with Crippen LogP contribution in [-0.2, 0) is 0 Å². The van der Waals surface area contributed by atoms with Crippen molar-refractivity contribution in [2.75, 3.05) is 33.2 Å². The molecule has 9 nitrogen and oxygen atoms in total. The number of methoxy groups -OCH3 is 2. The van der Waals surface area contributed by atoms with Crippen LogP contribution in [0.4, 0.5) is 50.4 Å². The van der Waals surface area contributed by atoms with Gasteiger partial charge >= 0.3 is 5.97 Å². The van der Waals surface area contributed by atoms with Gasteiger partial charge in [0.25, 0.3) is 0 Å². The Balaban J connectivity index is 1.55. The second-order valence-corrected chi connectivity index (χ2v) is 9.37. The molecule has 228 valence electrons. The lowest BCUT2D eigenvalue weighted by Gasteiger charge is -2.11. The molecule has 0 aliphatic heterocycles. The highest BCUT2D eigenvalue weighted by molar-refractivity contribution is 6.33. The van der Waals surface area contributed by atoms with Gasteiger partial charge in [0.1, 0.15) is 28.6 Å². The number of esters is 1. The zero-order valence-corrected chi connectivity index (χ0v) is 24.1. The minimum absolute atomic E-state index is 0.0467. The van der Waals surface area contributed by atoms with Crippen molar-refractivity contribution in [1.82, 2.24) is 0 Å². The van der Waals surface area contributed by atoms with E-state index in [0.29, 0.717) is 17.1 Å². The molecule has 0 saturated heterocycles. The van der Waals surface area contributed by atoms with Crippen LogP contribution in [0.1, 0.15) is 10.4 Å². The number of carbonyl (C=O) groups is 1. The monoisotopic (exact) mass is 633 g/mol. The van der Waals surface area contributed by atoms with E-state index in [-0.39, 0.29) is 27.7 Å². The van der Waals surface area contributed by atoms with Crippen LogP contribution >= 0.6 is 11.6 Å². The first-order valence-electron chi connectivity index (χ1n) is 12.3. The van der Waals surface area contributed by atoms with Crippen molar-refractivity contribution in [2.45, 2.75) is 0 Å². The molecular weight excluding hydrogens is 613 g/mol. The minimum atomic E-state index is -2.39. The number of rotatable bonds is 9. The number of hydrogen-bond acceptors (Lipinski definition) is 9. The summed E-state index contributed by atoms with van der Waals surface area (Å²) in [6.07, 6.45) is 0. The Hall–Kier alpha value is -5.11. The van der Waals surface area contributed by atoms with Gasteiger partial charge in [0.15, 0.2) is 0 Å². The van der Waals surface area contributed by atoms with E-state index in [2.05, 4.69) is 25.2 Å². The van der Waals surface area contributed by atoms with Gasteiger partial charge in [0.2, 0.25) is 34.8 Å². The summed E-state index contributed by atoms with van der Waals surface area (Å²) in [6, 6.07) is 13.7. The maximum absolute atomic E-state index is 13.9. The van der Waals surface area contributed by atoms with Gasteiger partial charge in [0, 0.05) is 31.9 Å². The third-order valence-corrected chi connectivity index (χ3v) is 6.24. The summed E-state index contributed by atoms with van der Waals surface area (Å²) in [5, 5.41) is 16.5. The molecule has 0 atom stereocenters. The lowest BCUT2D eigenvalue weighted by atomic mass is 10.2. The van der Waals surface area contributed by atoms with E-state index < -0.39 is 40.8 Å². The average molecular weight is 634 g/mol. The molecule has 44 heavy (non-hydrogen) atoms. The first kappa shape index (κ1) is 31.8. The van der Waals surface area contributed by atoms with Gasteiger partial charge in [-0.05, 0) is 42.5 Å². The molecule has 0 fully saturated rings. The number of benzene rings is 4. The van der Waals surface area contributed by atoms with Gasteiger partial charge in [-0.15, -0.1) is 15.3 Å². The van der Waals surface area contributed by atoms with Crippen LogP contribution in [0.3, 0.4) is 0 Å². The Kier molecular flexibility index (Phi) is 9.73. The number of azo groups is 2. The van der Waals surface area contributed by atoms with Crippen LogP contribution in [0, 0.1) is 29.1 Å². The summed E-state index contributed by atoms with van der Waals surface area (Å²) in [7, 11) is 6.67. The fraction of sp³-hybridized carbons (Fsp3) is 0.138. The number of halogens is 6. The van der Waals surface area contributed by atoms with Gasteiger partial charge in [-0.3, -0.25) is 0 Å². The van der Waals surface area contributed by atoms with Crippen molar-refractivity contribution in [3.8, 4) is 17.2 Å². The van der Waals surface area contributed by atoms with Crippen molar-refractivity contribution in [1.29, 1.82) is 0 Å². The third-order valence-electron chi connectivity index (χ3n) is 5.93. The molecule has 4 aromatic rings. The van der Waals surface area contributed by atoms with E-state index in [9.17, 15) is 26.7 Å². The molecule has 0 saturated carbocycles. The van der Waals surface area contributed by atoms with Crippen molar-refractivity contribution in [3.63, 3.8) is 0 Å². The molecule has 0 aliphatic carbocycles. The fourth-order valence-corrected chi connectivity index (χ4v) is 3.82. The zero-order chi connectivity index (χ0) is 32.1. The molecule has 0 aromatic heterocycles. The predicted molar refractivity (Wildman–Crippen MR) is 151 cm³/mol. The number of carbonyl (C=O) groups excluding carboxylic acids is 1. The number of anilines is 1. The van der Waals surface area contributed by atoms with Gasteiger partial charge in [0.05, 0.1) is 30.5 Å². The predicted octanol–water partition coefficient (Wildman–Crippen LogP) is 9.17. The van der Waals surface area contributed by atoms with Crippen molar-refractivity contribution in [2.24, 2.45) is 20.5 Å². The highest BCUT2D eigenvalue weighted by Crippen LogP contribution is 2.41. The molecule has 0 bridgehead atoms. The lowest BCUT2D eigenvalue weighted by Crippen LogP contribution is -2.13. The third kappa shape index (κ3) is 6.75. The Labute approximate surface area is 252 Å². The quantitative estimate of drug-likeness (QED) is 0.0457. The van der Waals surface area contributed by atoms with Crippen molar-refractivity contribution < 1.29 is 41.0 Å². The van der Waals surface area contributed by atoms with Crippen molar-refractivity contribution >= 4 is 46.0 Å². The molecule has 0 amide bonds. The van der Waals surface area contributed by atoms with Crippen LogP contribution in [0.25, 0.3) is 0 Å². The molecule has 0 unspecified atom stereocenters. The zero-order valence-electron chi connectivity index (χ0n) is 23.3. The highest BCUT2D eigenvalue weighted by Gasteiger charge is 2.29. The first-order valence-corrected chi connectivity index (χ1v) is 12.7. The van der Waals surface area contributed by atoms with Gasteiger partial charge < -0.3 is 19.1 Å². The SMILES string of the molecule is COc1cc(N=Nc2ccc(C(=O)Oc3c(F)c(F)c(F)c(F)c3F)cc2Cl)c(OC)cc1N=Nc1ccc(N(C)C)cc1. The summed E-state index contributed by atoms with van der Waals surface area (Å²) in [4.78, 5) is 14.3. The molecule has 0 spiro atoms. The number of nitrogens with zero attached hydrogens (tertiary/aromatic N) is 5. The molecule has 15 heteroatoms. The Morgan fingerprint density at radius 2 is 1.18 bits per heavy atom. The molecule has 0 heterocycles. The highest BCUT2D eigenvalue weighted by atomic mass is 35.5. The van der Waals surface area contributed by atoms with E-state index in [4.69, 9.17) is 21.1 Å². The van der Waals surface area contributed by atoms with E-state index in [1.165, 1.54) is 32.4 Å². The lowest BCUT2D eigenvalue weighted by molar-refractivity contribution is 0.0716. The smallest absolute Gasteiger partial charge is 0.343 e. The summed E-state index contributed by atoms with van der Waals surface area (Å²) in [5.74, 6) is -14.2. The number of ether oxygens (including phenoxy) is 3. The first-order chi connectivity index (χ1) is 20.9. The second kappa shape index (κ2) is 13.5. The van der Waals surface area contributed by atoms with Gasteiger partial charge in [-0.25, -0.2) is 18.0 Å². The van der Waals surface area contributed by atoms with Crippen LogP contribution in [-0.4, -0.2) is 34.3 Å². The fourth-order valence-electron chi connectivity index (χ4n) is 3.60.